The van der Waals surface area contributed by atoms with Crippen LogP contribution in [0.15, 0.2) is 78.9 Å². The number of rotatable bonds is 19. The van der Waals surface area contributed by atoms with E-state index in [9.17, 15) is 33.6 Å². The van der Waals surface area contributed by atoms with Gasteiger partial charge in [0.1, 0.15) is 18.7 Å². The van der Waals surface area contributed by atoms with Crippen LogP contribution in [0.3, 0.4) is 0 Å². The third-order valence-corrected chi connectivity index (χ3v) is 11.0. The number of benzene rings is 3. The molecule has 2 aliphatic carbocycles. The minimum absolute atomic E-state index is 0.0158. The number of hydrogen-bond donors (Lipinski definition) is 5. The van der Waals surface area contributed by atoms with Gasteiger partial charge in [-0.05, 0) is 78.7 Å². The number of carbonyl (C=O) groups is 7. The van der Waals surface area contributed by atoms with E-state index in [0.29, 0.717) is 24.8 Å². The van der Waals surface area contributed by atoms with E-state index >= 15 is 0 Å². The number of esters is 1. The van der Waals surface area contributed by atoms with Gasteiger partial charge in [-0.2, -0.15) is 0 Å². The molecule has 1 unspecified atom stereocenters. The number of aryl methyl sites for hydroxylation is 1. The predicted octanol–water partition coefficient (Wildman–Crippen LogP) is 3.99. The molecule has 13 nitrogen and oxygen atoms in total. The highest BCUT2D eigenvalue weighted by Gasteiger charge is 2.35. The number of ether oxygens (including phenoxy) is 1. The van der Waals surface area contributed by atoms with Gasteiger partial charge >= 0.3 is 5.97 Å². The Bertz CT molecular complexity index is 1940. The normalized spacial score (nSPS) is 15.8. The van der Waals surface area contributed by atoms with Crippen LogP contribution in [-0.4, -0.2) is 73.7 Å². The summed E-state index contributed by atoms with van der Waals surface area (Å²) in [6.45, 7) is 1.14. The molecule has 59 heavy (non-hydrogen) atoms. The molecule has 0 spiro atoms. The van der Waals surface area contributed by atoms with E-state index in [1.165, 1.54) is 5.56 Å². The van der Waals surface area contributed by atoms with Crippen molar-refractivity contribution in [1.82, 2.24) is 26.6 Å². The maximum Gasteiger partial charge on any atom is 0.333 e. The summed E-state index contributed by atoms with van der Waals surface area (Å²) in [6.07, 6.45) is 8.66. The first-order valence-corrected chi connectivity index (χ1v) is 20.7. The van der Waals surface area contributed by atoms with Crippen LogP contribution in [0, 0.1) is 5.92 Å². The standard InChI is InChI=1S/C45H54BN5O8/c1-2-15-35(40(53)43(56)47-27-37(52)50-39(32-21-10-5-11-22-32)44(57)59-28-29-16-6-3-7-17-29)48-41(54)36(26-33-24-14-23-30-18-12-13-25-34(30)33)49-42(55)38(51-45(46)58)31-19-8-4-9-20-31/h3,5-7,10-11,14,16-17,21-24,31,35-36,38-39H,2,4,8-9,12-13,15,18-20,25-28H2,1H3,(H,47,56)(H,48,54)(H,49,55)(H,50,52)(H,51,58)/t35?,36-,38-,39-/m0/s1. The molecule has 3 aromatic rings. The van der Waals surface area contributed by atoms with Crippen molar-refractivity contribution in [3.8, 4) is 0 Å². The SMILES string of the molecule is [B]C(=O)N[C@H](C(=O)N[C@@H](Cc1cccc2c1CCCC2)C(=O)NC(CCC)C(=O)C(=O)NCC(=O)N[C@H](C(=O)OCc1ccccc1)c1ccccc1)C1CCCCC1. The van der Waals surface area contributed by atoms with Crippen molar-refractivity contribution in [3.63, 3.8) is 0 Å². The van der Waals surface area contributed by atoms with Gasteiger partial charge in [0.15, 0.2) is 11.8 Å². The largest absolute Gasteiger partial charge is 0.459 e. The molecule has 1 fully saturated rings. The first-order valence-electron chi connectivity index (χ1n) is 20.7. The van der Waals surface area contributed by atoms with Crippen LogP contribution in [0.1, 0.15) is 98.6 Å². The van der Waals surface area contributed by atoms with E-state index in [0.717, 1.165) is 61.6 Å². The monoisotopic (exact) mass is 803 g/mol. The second-order valence-corrected chi connectivity index (χ2v) is 15.3. The van der Waals surface area contributed by atoms with E-state index in [2.05, 4.69) is 32.7 Å². The van der Waals surface area contributed by atoms with Crippen molar-refractivity contribution in [2.24, 2.45) is 5.92 Å². The van der Waals surface area contributed by atoms with Gasteiger partial charge < -0.3 is 31.3 Å². The molecule has 0 aliphatic heterocycles. The highest BCUT2D eigenvalue weighted by molar-refractivity contribution is 6.57. The molecule has 5 amide bonds. The van der Waals surface area contributed by atoms with E-state index in [-0.39, 0.29) is 25.4 Å². The molecule has 0 aromatic heterocycles. The predicted molar refractivity (Wildman–Crippen MR) is 222 cm³/mol. The summed E-state index contributed by atoms with van der Waals surface area (Å²) in [5, 5.41) is 13.1. The van der Waals surface area contributed by atoms with Crippen molar-refractivity contribution in [2.45, 2.75) is 115 Å². The summed E-state index contributed by atoms with van der Waals surface area (Å²) in [5.41, 5.74) is 4.42. The van der Waals surface area contributed by atoms with Crippen LogP contribution in [-0.2, 0) is 59.4 Å². The zero-order chi connectivity index (χ0) is 42.1. The third-order valence-electron chi connectivity index (χ3n) is 11.0. The number of Topliss-reactive ketones (excluding diaryl/α,β-unsaturated/α-hetero) is 1. The Balaban J connectivity index is 1.26. The second kappa shape index (κ2) is 22.4. The van der Waals surface area contributed by atoms with Crippen molar-refractivity contribution in [3.05, 3.63) is 107 Å². The number of ketones is 1. The van der Waals surface area contributed by atoms with Gasteiger partial charge in [-0.15, -0.1) is 0 Å². The van der Waals surface area contributed by atoms with Gasteiger partial charge in [-0.1, -0.05) is 111 Å². The molecule has 14 heteroatoms. The van der Waals surface area contributed by atoms with E-state index in [1.54, 1.807) is 49.4 Å². The van der Waals surface area contributed by atoms with Crippen LogP contribution in [0.2, 0.25) is 0 Å². The molecule has 0 bridgehead atoms. The fourth-order valence-electron chi connectivity index (χ4n) is 7.94. The van der Waals surface area contributed by atoms with E-state index < -0.39 is 71.9 Å². The smallest absolute Gasteiger partial charge is 0.333 e. The third kappa shape index (κ3) is 13.1. The van der Waals surface area contributed by atoms with Gasteiger partial charge in [0.25, 0.3) is 5.91 Å². The summed E-state index contributed by atoms with van der Waals surface area (Å²) in [7, 11) is 5.50. The fourth-order valence-corrected chi connectivity index (χ4v) is 7.94. The van der Waals surface area contributed by atoms with E-state index in [1.807, 2.05) is 30.3 Å². The van der Waals surface area contributed by atoms with E-state index in [4.69, 9.17) is 12.6 Å². The lowest BCUT2D eigenvalue weighted by molar-refractivity contribution is -0.149. The van der Waals surface area contributed by atoms with Gasteiger partial charge in [-0.25, -0.2) is 4.79 Å². The minimum atomic E-state index is -1.28. The Labute approximate surface area is 347 Å². The van der Waals surface area contributed by atoms with Crippen LogP contribution < -0.4 is 26.6 Å². The van der Waals surface area contributed by atoms with Gasteiger partial charge in [0.05, 0.1) is 12.6 Å². The van der Waals surface area contributed by atoms with Gasteiger partial charge in [0.2, 0.25) is 31.4 Å². The molecule has 4 atom stereocenters. The molecular formula is C45H54BN5O8. The topological polar surface area (TPSA) is 189 Å². The molecule has 2 radical (unpaired) electrons. The molecular weight excluding hydrogens is 749 g/mol. The molecule has 0 heterocycles. The van der Waals surface area contributed by atoms with Crippen LogP contribution >= 0.6 is 0 Å². The Morgan fingerprint density at radius 3 is 2.10 bits per heavy atom. The summed E-state index contributed by atoms with van der Waals surface area (Å²) in [4.78, 5) is 93.3. The molecule has 5 rings (SSSR count). The quantitative estimate of drug-likeness (QED) is 0.0684. The summed E-state index contributed by atoms with van der Waals surface area (Å²) in [6, 6.07) is 18.9. The maximum atomic E-state index is 14.2. The summed E-state index contributed by atoms with van der Waals surface area (Å²) >= 11 is 0. The number of nitrogens with one attached hydrogen (secondary N) is 5. The summed E-state index contributed by atoms with van der Waals surface area (Å²) in [5.74, 6) is -5.79. The van der Waals surface area contributed by atoms with Crippen LogP contribution in [0.5, 0.6) is 0 Å². The van der Waals surface area contributed by atoms with Gasteiger partial charge in [0, 0.05) is 6.42 Å². The number of hydrogen-bond acceptors (Lipinski definition) is 8. The second-order valence-electron chi connectivity index (χ2n) is 15.3. The Kier molecular flexibility index (Phi) is 16.8. The van der Waals surface area contributed by atoms with Crippen molar-refractivity contribution in [2.75, 3.05) is 6.54 Å². The first kappa shape index (κ1) is 44.3. The average Bonchev–Trinajstić information content (AvgIpc) is 3.26. The Morgan fingerprint density at radius 2 is 1.41 bits per heavy atom. The first-order chi connectivity index (χ1) is 28.5. The number of amides is 5. The molecule has 3 aromatic carbocycles. The van der Waals surface area contributed by atoms with Crippen molar-refractivity contribution < 1.29 is 38.3 Å². The lowest BCUT2D eigenvalue weighted by Gasteiger charge is -2.32. The van der Waals surface area contributed by atoms with Crippen LogP contribution in [0.25, 0.3) is 0 Å². The number of carbonyl (C=O) groups excluding carboxylic acids is 7. The minimum Gasteiger partial charge on any atom is -0.459 e. The lowest BCUT2D eigenvalue weighted by atomic mass is 9.82. The van der Waals surface area contributed by atoms with Crippen molar-refractivity contribution >= 4 is 49.0 Å². The van der Waals surface area contributed by atoms with Crippen molar-refractivity contribution in [1.29, 1.82) is 0 Å². The Morgan fingerprint density at radius 1 is 0.729 bits per heavy atom. The summed E-state index contributed by atoms with van der Waals surface area (Å²) < 4.78 is 5.49. The zero-order valence-corrected chi connectivity index (χ0v) is 33.6. The lowest BCUT2D eigenvalue weighted by Crippen LogP contribution is -2.59. The Hall–Kier alpha value is -5.79. The molecule has 0 saturated heterocycles. The van der Waals surface area contributed by atoms with Gasteiger partial charge in [-0.3, -0.25) is 28.8 Å². The molecule has 310 valence electrons. The zero-order valence-electron chi connectivity index (χ0n) is 33.6. The maximum absolute atomic E-state index is 14.2. The molecule has 2 aliphatic rings. The number of fused-ring (bicyclic) bond motifs is 1. The fraction of sp³-hybridized carbons (Fsp3) is 0.444. The molecule has 5 N–H and O–H groups in total. The average molecular weight is 804 g/mol. The highest BCUT2D eigenvalue weighted by atomic mass is 16.5. The highest BCUT2D eigenvalue weighted by Crippen LogP contribution is 2.28. The molecule has 1 saturated carbocycles. The van der Waals surface area contributed by atoms with Crippen LogP contribution in [0.4, 0.5) is 4.79 Å².